The summed E-state index contributed by atoms with van der Waals surface area (Å²) in [6.07, 6.45) is 6.67. The number of nitrogens with zero attached hydrogens (tertiary/aromatic N) is 2. The average molecular weight is 309 g/mol. The third-order valence-corrected chi connectivity index (χ3v) is 6.23. The van der Waals surface area contributed by atoms with Gasteiger partial charge in [0, 0.05) is 26.0 Å². The van der Waals surface area contributed by atoms with Crippen LogP contribution in [0.5, 0.6) is 0 Å². The molecule has 21 heavy (non-hydrogen) atoms. The van der Waals surface area contributed by atoms with Crippen LogP contribution in [0.4, 0.5) is 0 Å². The van der Waals surface area contributed by atoms with Crippen molar-refractivity contribution < 1.29 is 12.8 Å². The molecule has 1 aliphatic rings. The lowest BCUT2D eigenvalue weighted by molar-refractivity contribution is 0.427. The van der Waals surface area contributed by atoms with Gasteiger partial charge in [0.15, 0.2) is 9.84 Å². The predicted octanol–water partition coefficient (Wildman–Crippen LogP) is 1.27. The van der Waals surface area contributed by atoms with Crippen LogP contribution in [-0.4, -0.2) is 35.5 Å². The van der Waals surface area contributed by atoms with Crippen molar-refractivity contribution in [3.05, 3.63) is 42.4 Å². The summed E-state index contributed by atoms with van der Waals surface area (Å²) in [5.41, 5.74) is 0. The van der Waals surface area contributed by atoms with E-state index in [-0.39, 0.29) is 11.3 Å². The first-order valence-corrected chi connectivity index (χ1v) is 8.75. The summed E-state index contributed by atoms with van der Waals surface area (Å²) >= 11 is 0. The average Bonchev–Trinajstić information content (AvgIpc) is 3.14. The van der Waals surface area contributed by atoms with Crippen molar-refractivity contribution in [1.29, 1.82) is 0 Å². The molecule has 0 spiro atoms. The zero-order valence-corrected chi connectivity index (χ0v) is 12.7. The van der Waals surface area contributed by atoms with Crippen molar-refractivity contribution in [3.8, 4) is 0 Å². The fourth-order valence-corrected chi connectivity index (χ4v) is 4.55. The van der Waals surface area contributed by atoms with E-state index in [0.29, 0.717) is 12.3 Å². The molecule has 1 saturated heterocycles. The van der Waals surface area contributed by atoms with Gasteiger partial charge in [0.25, 0.3) is 0 Å². The first-order chi connectivity index (χ1) is 10.1. The summed E-state index contributed by atoms with van der Waals surface area (Å²) in [6.45, 7) is 0.417. The van der Waals surface area contributed by atoms with Crippen LogP contribution in [0.2, 0.25) is 0 Å². The van der Waals surface area contributed by atoms with E-state index < -0.39 is 9.84 Å². The van der Waals surface area contributed by atoms with Gasteiger partial charge in [-0.05, 0) is 25.0 Å². The predicted molar refractivity (Wildman–Crippen MR) is 78.6 cm³/mol. The molecular formula is C14H19N3O3S. The van der Waals surface area contributed by atoms with E-state index in [1.165, 1.54) is 0 Å². The Hall–Kier alpha value is -1.60. The molecule has 1 fully saturated rings. The molecule has 0 amide bonds. The zero-order valence-electron chi connectivity index (χ0n) is 11.9. The highest BCUT2D eigenvalue weighted by Crippen LogP contribution is 2.24. The quantitative estimate of drug-likeness (QED) is 0.900. The van der Waals surface area contributed by atoms with Crippen LogP contribution < -0.4 is 5.32 Å². The monoisotopic (exact) mass is 309 g/mol. The largest absolute Gasteiger partial charge is 0.467 e. The summed E-state index contributed by atoms with van der Waals surface area (Å²) in [6, 6.07) is 3.45. The SMILES string of the molecule is Cn1ccnc1C(NCC1CCCS1(=O)=O)c1ccco1. The molecule has 0 bridgehead atoms. The molecule has 6 nitrogen and oxygen atoms in total. The maximum atomic E-state index is 11.9. The number of hydrogen-bond donors (Lipinski definition) is 1. The van der Waals surface area contributed by atoms with Gasteiger partial charge in [-0.25, -0.2) is 13.4 Å². The minimum atomic E-state index is -2.95. The topological polar surface area (TPSA) is 77.1 Å². The van der Waals surface area contributed by atoms with Crippen molar-refractivity contribution in [2.45, 2.75) is 24.1 Å². The standard InChI is InChI=1S/C14H19N3O3S/c1-17-7-6-15-14(17)13(12-5-2-8-20-12)16-10-11-4-3-9-21(11,18)19/h2,5-8,11,13,16H,3-4,9-10H2,1H3. The Morgan fingerprint density at radius 3 is 3.00 bits per heavy atom. The molecule has 1 N–H and O–H groups in total. The molecule has 7 heteroatoms. The lowest BCUT2D eigenvalue weighted by Gasteiger charge is -2.19. The van der Waals surface area contributed by atoms with Crippen molar-refractivity contribution in [1.82, 2.24) is 14.9 Å². The van der Waals surface area contributed by atoms with Gasteiger partial charge in [0.2, 0.25) is 0 Å². The normalized spacial score (nSPS) is 22.4. The van der Waals surface area contributed by atoms with Gasteiger partial charge in [0.1, 0.15) is 17.6 Å². The van der Waals surface area contributed by atoms with Gasteiger partial charge in [-0.15, -0.1) is 0 Å². The van der Waals surface area contributed by atoms with Crippen LogP contribution in [0, 0.1) is 0 Å². The van der Waals surface area contributed by atoms with E-state index in [0.717, 1.165) is 24.4 Å². The third kappa shape index (κ3) is 2.89. The second kappa shape index (κ2) is 5.65. The smallest absolute Gasteiger partial charge is 0.154 e. The first kappa shape index (κ1) is 14.3. The number of rotatable bonds is 5. The molecule has 0 aromatic carbocycles. The summed E-state index contributed by atoms with van der Waals surface area (Å²) in [7, 11) is -1.04. The molecule has 2 unspecified atom stereocenters. The third-order valence-electron chi connectivity index (χ3n) is 3.96. The van der Waals surface area contributed by atoms with E-state index in [2.05, 4.69) is 10.3 Å². The van der Waals surface area contributed by atoms with Gasteiger partial charge >= 0.3 is 0 Å². The van der Waals surface area contributed by atoms with Gasteiger partial charge in [-0.2, -0.15) is 0 Å². The van der Waals surface area contributed by atoms with Crippen molar-refractivity contribution in [2.75, 3.05) is 12.3 Å². The molecule has 114 valence electrons. The van der Waals surface area contributed by atoms with Crippen LogP contribution >= 0.6 is 0 Å². The molecule has 0 aliphatic carbocycles. The Morgan fingerprint density at radius 2 is 2.43 bits per heavy atom. The number of aryl methyl sites for hydroxylation is 1. The zero-order chi connectivity index (χ0) is 14.9. The summed E-state index contributed by atoms with van der Waals surface area (Å²) in [4.78, 5) is 4.34. The lowest BCUT2D eigenvalue weighted by Crippen LogP contribution is -2.34. The number of sulfone groups is 1. The second-order valence-corrected chi connectivity index (χ2v) is 7.78. The number of nitrogens with one attached hydrogen (secondary N) is 1. The van der Waals surface area contributed by atoms with Crippen molar-refractivity contribution in [3.63, 3.8) is 0 Å². The van der Waals surface area contributed by atoms with E-state index in [1.807, 2.05) is 29.9 Å². The number of furan rings is 1. The van der Waals surface area contributed by atoms with Crippen molar-refractivity contribution in [2.24, 2.45) is 7.05 Å². The van der Waals surface area contributed by atoms with E-state index in [9.17, 15) is 8.42 Å². The van der Waals surface area contributed by atoms with Gasteiger partial charge in [-0.3, -0.25) is 5.32 Å². The Balaban J connectivity index is 1.79. The van der Waals surface area contributed by atoms with E-state index in [1.54, 1.807) is 12.5 Å². The molecule has 2 atom stereocenters. The van der Waals surface area contributed by atoms with Crippen LogP contribution in [0.3, 0.4) is 0 Å². The Morgan fingerprint density at radius 1 is 1.57 bits per heavy atom. The highest BCUT2D eigenvalue weighted by atomic mass is 32.2. The fourth-order valence-electron chi connectivity index (χ4n) is 2.77. The Labute approximate surface area is 124 Å². The Kier molecular flexibility index (Phi) is 3.86. The van der Waals surface area contributed by atoms with Gasteiger partial charge in [-0.1, -0.05) is 0 Å². The molecule has 3 heterocycles. The van der Waals surface area contributed by atoms with E-state index >= 15 is 0 Å². The molecular weight excluding hydrogens is 290 g/mol. The maximum absolute atomic E-state index is 11.9. The molecule has 3 rings (SSSR count). The fraction of sp³-hybridized carbons (Fsp3) is 0.500. The summed E-state index contributed by atoms with van der Waals surface area (Å²) in [5.74, 6) is 1.84. The minimum absolute atomic E-state index is 0.240. The lowest BCUT2D eigenvalue weighted by atomic mass is 10.2. The summed E-state index contributed by atoms with van der Waals surface area (Å²) < 4.78 is 31.2. The van der Waals surface area contributed by atoms with Crippen molar-refractivity contribution >= 4 is 9.84 Å². The van der Waals surface area contributed by atoms with Crippen LogP contribution in [0.25, 0.3) is 0 Å². The molecule has 0 saturated carbocycles. The second-order valence-electron chi connectivity index (χ2n) is 5.38. The number of aromatic nitrogens is 2. The molecule has 2 aromatic heterocycles. The highest BCUT2D eigenvalue weighted by molar-refractivity contribution is 7.92. The molecule has 1 aliphatic heterocycles. The first-order valence-electron chi connectivity index (χ1n) is 7.03. The van der Waals surface area contributed by atoms with Crippen LogP contribution in [0.1, 0.15) is 30.5 Å². The van der Waals surface area contributed by atoms with Gasteiger partial charge < -0.3 is 8.98 Å². The molecule has 2 aromatic rings. The van der Waals surface area contributed by atoms with Gasteiger partial charge in [0.05, 0.1) is 17.3 Å². The summed E-state index contributed by atoms with van der Waals surface area (Å²) in [5, 5.41) is 3.00. The molecule has 0 radical (unpaired) electrons. The maximum Gasteiger partial charge on any atom is 0.154 e. The minimum Gasteiger partial charge on any atom is -0.467 e. The number of imidazole rings is 1. The number of hydrogen-bond acceptors (Lipinski definition) is 5. The van der Waals surface area contributed by atoms with Crippen LogP contribution in [-0.2, 0) is 16.9 Å². The Bertz CT molecular complexity index is 691. The van der Waals surface area contributed by atoms with Crippen LogP contribution in [0.15, 0.2) is 35.2 Å². The highest BCUT2D eigenvalue weighted by Gasteiger charge is 2.32. The van der Waals surface area contributed by atoms with E-state index in [4.69, 9.17) is 4.42 Å².